The number of hydrogen-bond donors (Lipinski definition) is 1. The molecule has 0 aliphatic carbocycles. The van der Waals surface area contributed by atoms with Crippen LogP contribution in [0, 0.1) is 11.8 Å². The summed E-state index contributed by atoms with van der Waals surface area (Å²) in [6, 6.07) is 0. The van der Waals surface area contributed by atoms with Crippen LogP contribution >= 0.6 is 0 Å². The average Bonchev–Trinajstić information content (AvgIpc) is 2.26. The first kappa shape index (κ1) is 13.5. The first-order valence-electron chi connectivity index (χ1n) is 6.54. The number of nitrogens with zero attached hydrogens (tertiary/aromatic N) is 1. The van der Waals surface area contributed by atoms with Crippen LogP contribution in [-0.4, -0.2) is 37.5 Å². The molecule has 0 saturated carbocycles. The van der Waals surface area contributed by atoms with E-state index in [1.807, 2.05) is 11.9 Å². The molecule has 1 aliphatic heterocycles. The highest BCUT2D eigenvalue weighted by atomic mass is 16.2. The first-order valence-corrected chi connectivity index (χ1v) is 6.54. The summed E-state index contributed by atoms with van der Waals surface area (Å²) in [5.41, 5.74) is 0. The minimum absolute atomic E-state index is 0.295. The molecule has 1 fully saturated rings. The van der Waals surface area contributed by atoms with Crippen LogP contribution in [0.1, 0.15) is 39.5 Å². The number of piperidine rings is 1. The molecule has 0 radical (unpaired) electrons. The Balaban J connectivity index is 2.17. The van der Waals surface area contributed by atoms with Crippen LogP contribution in [0.2, 0.25) is 0 Å². The molecule has 1 N–H and O–H groups in total. The molecule has 0 spiro atoms. The highest BCUT2D eigenvalue weighted by Gasteiger charge is 2.15. The van der Waals surface area contributed by atoms with E-state index in [4.69, 9.17) is 0 Å². The van der Waals surface area contributed by atoms with Crippen LogP contribution in [0.15, 0.2) is 0 Å². The number of nitrogens with one attached hydrogen (secondary N) is 1. The van der Waals surface area contributed by atoms with Gasteiger partial charge in [-0.15, -0.1) is 0 Å². The van der Waals surface area contributed by atoms with Gasteiger partial charge in [-0.3, -0.25) is 4.79 Å². The molecule has 94 valence electrons. The van der Waals surface area contributed by atoms with Crippen LogP contribution in [0.4, 0.5) is 0 Å². The van der Waals surface area contributed by atoms with Crippen molar-refractivity contribution in [2.75, 3.05) is 26.7 Å². The number of carbonyl (C=O) groups excluding carboxylic acids is 1. The van der Waals surface area contributed by atoms with E-state index in [0.29, 0.717) is 18.2 Å². The van der Waals surface area contributed by atoms with Crippen molar-refractivity contribution < 1.29 is 4.79 Å². The Morgan fingerprint density at radius 1 is 1.38 bits per heavy atom. The standard InChI is InChI=1S/C13H26N2O/c1-11(2)10-13(16)15(3)9-6-12-4-7-14-8-5-12/h11-12,14H,4-10H2,1-3H3. The van der Waals surface area contributed by atoms with E-state index in [9.17, 15) is 4.79 Å². The Morgan fingerprint density at radius 3 is 2.56 bits per heavy atom. The van der Waals surface area contributed by atoms with E-state index in [2.05, 4.69) is 19.2 Å². The molecule has 0 unspecified atom stereocenters. The first-order chi connectivity index (χ1) is 7.59. The third kappa shape index (κ3) is 4.97. The third-order valence-corrected chi connectivity index (χ3v) is 3.34. The molecule has 0 bridgehead atoms. The Hall–Kier alpha value is -0.570. The average molecular weight is 226 g/mol. The summed E-state index contributed by atoms with van der Waals surface area (Å²) in [4.78, 5) is 13.6. The molecule has 1 rings (SSSR count). The maximum absolute atomic E-state index is 11.7. The molecule has 1 heterocycles. The van der Waals surface area contributed by atoms with Crippen molar-refractivity contribution in [3.8, 4) is 0 Å². The SMILES string of the molecule is CC(C)CC(=O)N(C)CCC1CCNCC1. The normalized spacial score (nSPS) is 17.8. The fourth-order valence-electron chi connectivity index (χ4n) is 2.18. The van der Waals surface area contributed by atoms with Gasteiger partial charge in [0.15, 0.2) is 0 Å². The van der Waals surface area contributed by atoms with Crippen LogP contribution in [0.3, 0.4) is 0 Å². The zero-order valence-corrected chi connectivity index (χ0v) is 11.0. The summed E-state index contributed by atoms with van der Waals surface area (Å²) in [5, 5.41) is 3.37. The van der Waals surface area contributed by atoms with Crippen LogP contribution < -0.4 is 5.32 Å². The number of carbonyl (C=O) groups is 1. The van der Waals surface area contributed by atoms with Gasteiger partial charge in [0.25, 0.3) is 0 Å². The molecular weight excluding hydrogens is 200 g/mol. The lowest BCUT2D eigenvalue weighted by atomic mass is 9.94. The van der Waals surface area contributed by atoms with Crippen molar-refractivity contribution in [2.24, 2.45) is 11.8 Å². The third-order valence-electron chi connectivity index (χ3n) is 3.34. The Morgan fingerprint density at radius 2 is 2.00 bits per heavy atom. The predicted molar refractivity (Wildman–Crippen MR) is 67.3 cm³/mol. The van der Waals surface area contributed by atoms with Crippen molar-refractivity contribution in [2.45, 2.75) is 39.5 Å². The van der Waals surface area contributed by atoms with Crippen molar-refractivity contribution in [1.82, 2.24) is 10.2 Å². The molecule has 0 aromatic rings. The summed E-state index contributed by atoms with van der Waals surface area (Å²) >= 11 is 0. The van der Waals surface area contributed by atoms with Crippen LogP contribution in [-0.2, 0) is 4.79 Å². The molecule has 1 aliphatic rings. The van der Waals surface area contributed by atoms with Gasteiger partial charge in [-0.05, 0) is 44.2 Å². The van der Waals surface area contributed by atoms with Gasteiger partial charge < -0.3 is 10.2 Å². The lowest BCUT2D eigenvalue weighted by molar-refractivity contribution is -0.130. The number of hydrogen-bond acceptors (Lipinski definition) is 2. The Bertz CT molecular complexity index is 210. The predicted octanol–water partition coefficient (Wildman–Crippen LogP) is 1.88. The van der Waals surface area contributed by atoms with Gasteiger partial charge in [-0.25, -0.2) is 0 Å². The fraction of sp³-hybridized carbons (Fsp3) is 0.923. The van der Waals surface area contributed by atoms with Gasteiger partial charge in [-0.1, -0.05) is 13.8 Å². The summed E-state index contributed by atoms with van der Waals surface area (Å²) in [6.45, 7) is 7.41. The highest BCUT2D eigenvalue weighted by molar-refractivity contribution is 5.75. The van der Waals surface area contributed by atoms with Crippen molar-refractivity contribution >= 4 is 5.91 Å². The number of amides is 1. The van der Waals surface area contributed by atoms with Gasteiger partial charge in [0.2, 0.25) is 5.91 Å². The molecule has 1 amide bonds. The quantitative estimate of drug-likeness (QED) is 0.776. The molecule has 3 nitrogen and oxygen atoms in total. The van der Waals surface area contributed by atoms with Crippen LogP contribution in [0.5, 0.6) is 0 Å². The number of rotatable bonds is 5. The van der Waals surface area contributed by atoms with E-state index in [1.54, 1.807) is 0 Å². The Labute approximate surface area is 99.6 Å². The molecular formula is C13H26N2O. The maximum Gasteiger partial charge on any atom is 0.222 e. The summed E-state index contributed by atoms with van der Waals surface area (Å²) in [6.07, 6.45) is 4.39. The van der Waals surface area contributed by atoms with Crippen molar-refractivity contribution in [3.05, 3.63) is 0 Å². The van der Waals surface area contributed by atoms with E-state index in [0.717, 1.165) is 25.6 Å². The second kappa shape index (κ2) is 6.89. The largest absolute Gasteiger partial charge is 0.346 e. The van der Waals surface area contributed by atoms with E-state index in [1.165, 1.54) is 19.3 Å². The maximum atomic E-state index is 11.7. The highest BCUT2D eigenvalue weighted by Crippen LogP contribution is 2.16. The van der Waals surface area contributed by atoms with Crippen molar-refractivity contribution in [1.29, 1.82) is 0 Å². The minimum atomic E-state index is 0.295. The molecule has 0 aromatic carbocycles. The Kier molecular flexibility index (Phi) is 5.81. The fourth-order valence-corrected chi connectivity index (χ4v) is 2.18. The molecule has 16 heavy (non-hydrogen) atoms. The van der Waals surface area contributed by atoms with E-state index < -0.39 is 0 Å². The lowest BCUT2D eigenvalue weighted by Gasteiger charge is -2.25. The smallest absolute Gasteiger partial charge is 0.222 e. The topological polar surface area (TPSA) is 32.3 Å². The molecule has 0 atom stereocenters. The van der Waals surface area contributed by atoms with Crippen molar-refractivity contribution in [3.63, 3.8) is 0 Å². The van der Waals surface area contributed by atoms with Gasteiger partial charge >= 0.3 is 0 Å². The molecule has 3 heteroatoms. The second-order valence-corrected chi connectivity index (χ2v) is 5.40. The van der Waals surface area contributed by atoms with Gasteiger partial charge in [0, 0.05) is 20.0 Å². The molecule has 0 aromatic heterocycles. The summed E-state index contributed by atoms with van der Waals surface area (Å²) < 4.78 is 0. The monoisotopic (exact) mass is 226 g/mol. The summed E-state index contributed by atoms with van der Waals surface area (Å²) in [5.74, 6) is 1.58. The molecule has 1 saturated heterocycles. The van der Waals surface area contributed by atoms with E-state index >= 15 is 0 Å². The van der Waals surface area contributed by atoms with Crippen LogP contribution in [0.25, 0.3) is 0 Å². The van der Waals surface area contributed by atoms with Gasteiger partial charge in [0.05, 0.1) is 0 Å². The van der Waals surface area contributed by atoms with E-state index in [-0.39, 0.29) is 0 Å². The second-order valence-electron chi connectivity index (χ2n) is 5.40. The lowest BCUT2D eigenvalue weighted by Crippen LogP contribution is -2.33. The van der Waals surface area contributed by atoms with Gasteiger partial charge in [-0.2, -0.15) is 0 Å². The minimum Gasteiger partial charge on any atom is -0.346 e. The van der Waals surface area contributed by atoms with Gasteiger partial charge in [0.1, 0.15) is 0 Å². The summed E-state index contributed by atoms with van der Waals surface area (Å²) in [7, 11) is 1.94. The zero-order chi connectivity index (χ0) is 12.0. The zero-order valence-electron chi connectivity index (χ0n) is 11.0.